The lowest BCUT2D eigenvalue weighted by molar-refractivity contribution is -0.117. The van der Waals surface area contributed by atoms with Crippen LogP contribution in [-0.2, 0) is 9.59 Å². The van der Waals surface area contributed by atoms with E-state index < -0.39 is 0 Å². The van der Waals surface area contributed by atoms with Crippen LogP contribution < -0.4 is 10.6 Å². The minimum absolute atomic E-state index is 0.00169. The van der Waals surface area contributed by atoms with Crippen LogP contribution in [0.2, 0.25) is 0 Å². The quantitative estimate of drug-likeness (QED) is 0.650. The van der Waals surface area contributed by atoms with Gasteiger partial charge in [-0.05, 0) is 74.6 Å². The van der Waals surface area contributed by atoms with Crippen molar-refractivity contribution in [3.05, 3.63) is 53.6 Å². The van der Waals surface area contributed by atoms with Crippen LogP contribution in [0.25, 0.3) is 0 Å². The highest BCUT2D eigenvalue weighted by Gasteiger charge is 2.29. The van der Waals surface area contributed by atoms with Crippen molar-refractivity contribution in [3.8, 4) is 0 Å². The summed E-state index contributed by atoms with van der Waals surface area (Å²) in [5, 5.41) is 5.79. The highest BCUT2D eigenvalue weighted by atomic mass is 32.2. The Bertz CT molecular complexity index is 846. The standard InChI is InChI=1S/C22H26N2O2S/c1-4-20(22(26)24-18-11-8-14(2)15(3)12-18)27-19-7-5-6-17(13-19)23-21(25)16-9-10-16/h5-8,11-13,16,20H,4,9-10H2,1-3H3,(H,23,25)(H,24,26). The van der Waals surface area contributed by atoms with Gasteiger partial charge in [-0.2, -0.15) is 0 Å². The van der Waals surface area contributed by atoms with Crippen LogP contribution in [-0.4, -0.2) is 17.1 Å². The van der Waals surface area contributed by atoms with E-state index >= 15 is 0 Å². The van der Waals surface area contributed by atoms with Crippen molar-refractivity contribution in [2.75, 3.05) is 10.6 Å². The molecular weight excluding hydrogens is 356 g/mol. The monoisotopic (exact) mass is 382 g/mol. The van der Waals surface area contributed by atoms with E-state index in [2.05, 4.69) is 17.6 Å². The van der Waals surface area contributed by atoms with Gasteiger partial charge in [-0.1, -0.05) is 19.1 Å². The number of amides is 2. The van der Waals surface area contributed by atoms with Gasteiger partial charge in [0.2, 0.25) is 11.8 Å². The summed E-state index contributed by atoms with van der Waals surface area (Å²) < 4.78 is 0. The molecular formula is C22H26N2O2S. The van der Waals surface area contributed by atoms with E-state index in [1.807, 2.05) is 56.3 Å². The zero-order valence-corrected chi connectivity index (χ0v) is 16.9. The molecule has 1 atom stereocenters. The molecule has 27 heavy (non-hydrogen) atoms. The van der Waals surface area contributed by atoms with Crippen LogP contribution in [0.4, 0.5) is 11.4 Å². The van der Waals surface area contributed by atoms with Crippen LogP contribution in [0.3, 0.4) is 0 Å². The van der Waals surface area contributed by atoms with Crippen molar-refractivity contribution < 1.29 is 9.59 Å². The van der Waals surface area contributed by atoms with Gasteiger partial charge in [-0.3, -0.25) is 9.59 Å². The van der Waals surface area contributed by atoms with Crippen LogP contribution in [0.15, 0.2) is 47.4 Å². The Hall–Kier alpha value is -2.27. The van der Waals surface area contributed by atoms with E-state index in [0.29, 0.717) is 0 Å². The molecule has 4 nitrogen and oxygen atoms in total. The zero-order chi connectivity index (χ0) is 19.4. The number of rotatable bonds is 7. The lowest BCUT2D eigenvalue weighted by atomic mass is 10.1. The molecule has 5 heteroatoms. The summed E-state index contributed by atoms with van der Waals surface area (Å²) in [6.45, 7) is 6.11. The van der Waals surface area contributed by atoms with Crippen molar-refractivity contribution in [2.45, 2.75) is 50.2 Å². The fourth-order valence-corrected chi connectivity index (χ4v) is 3.78. The maximum absolute atomic E-state index is 12.7. The first kappa shape index (κ1) is 19.5. The van der Waals surface area contributed by atoms with Crippen LogP contribution in [0.1, 0.15) is 37.3 Å². The number of thioether (sulfide) groups is 1. The van der Waals surface area contributed by atoms with Crippen molar-refractivity contribution in [1.29, 1.82) is 0 Å². The van der Waals surface area contributed by atoms with Gasteiger partial charge < -0.3 is 10.6 Å². The molecule has 0 heterocycles. The number of hydrogen-bond donors (Lipinski definition) is 2. The molecule has 2 aromatic carbocycles. The van der Waals surface area contributed by atoms with E-state index in [1.54, 1.807) is 0 Å². The van der Waals surface area contributed by atoms with E-state index in [1.165, 1.54) is 17.3 Å². The third-order valence-electron chi connectivity index (χ3n) is 4.77. The number of nitrogens with one attached hydrogen (secondary N) is 2. The third-order valence-corrected chi connectivity index (χ3v) is 6.12. The van der Waals surface area contributed by atoms with Gasteiger partial charge in [0, 0.05) is 22.2 Å². The number of anilines is 2. The summed E-state index contributed by atoms with van der Waals surface area (Å²) in [4.78, 5) is 25.6. The second kappa shape index (κ2) is 8.61. The zero-order valence-electron chi connectivity index (χ0n) is 16.0. The van der Waals surface area contributed by atoms with Gasteiger partial charge in [0.15, 0.2) is 0 Å². The summed E-state index contributed by atoms with van der Waals surface area (Å²) in [7, 11) is 0. The fourth-order valence-electron chi connectivity index (χ4n) is 2.77. The lowest BCUT2D eigenvalue weighted by Crippen LogP contribution is -2.24. The summed E-state index contributed by atoms with van der Waals surface area (Å²) in [6.07, 6.45) is 2.69. The minimum Gasteiger partial charge on any atom is -0.326 e. The summed E-state index contributed by atoms with van der Waals surface area (Å²) in [5.41, 5.74) is 3.99. The van der Waals surface area contributed by atoms with Crippen LogP contribution in [0.5, 0.6) is 0 Å². The largest absolute Gasteiger partial charge is 0.326 e. The van der Waals surface area contributed by atoms with Crippen molar-refractivity contribution >= 4 is 35.0 Å². The Morgan fingerprint density at radius 1 is 1.04 bits per heavy atom. The van der Waals surface area contributed by atoms with Gasteiger partial charge in [-0.25, -0.2) is 0 Å². The molecule has 1 aliphatic carbocycles. The topological polar surface area (TPSA) is 58.2 Å². The molecule has 0 radical (unpaired) electrons. The number of hydrogen-bond acceptors (Lipinski definition) is 3. The van der Waals surface area contributed by atoms with Crippen molar-refractivity contribution in [3.63, 3.8) is 0 Å². The first-order valence-electron chi connectivity index (χ1n) is 9.42. The van der Waals surface area contributed by atoms with Gasteiger partial charge in [0.25, 0.3) is 0 Å². The molecule has 0 aliphatic heterocycles. The fraction of sp³-hybridized carbons (Fsp3) is 0.364. The Morgan fingerprint density at radius 3 is 2.44 bits per heavy atom. The maximum Gasteiger partial charge on any atom is 0.237 e. The van der Waals surface area contributed by atoms with E-state index in [4.69, 9.17) is 0 Å². The summed E-state index contributed by atoms with van der Waals surface area (Å²) in [6, 6.07) is 13.7. The van der Waals surface area contributed by atoms with Crippen LogP contribution >= 0.6 is 11.8 Å². The van der Waals surface area contributed by atoms with Crippen molar-refractivity contribution in [2.24, 2.45) is 5.92 Å². The molecule has 2 amide bonds. The molecule has 1 fully saturated rings. The molecule has 0 saturated heterocycles. The third kappa shape index (κ3) is 5.36. The molecule has 0 spiro atoms. The molecule has 1 aliphatic rings. The number of carbonyl (C=O) groups is 2. The molecule has 2 aromatic rings. The van der Waals surface area contributed by atoms with E-state index in [0.717, 1.165) is 41.1 Å². The molecule has 0 bridgehead atoms. The van der Waals surface area contributed by atoms with E-state index in [9.17, 15) is 9.59 Å². The number of aryl methyl sites for hydroxylation is 2. The normalized spacial score (nSPS) is 14.5. The Balaban J connectivity index is 1.64. The van der Waals surface area contributed by atoms with E-state index in [-0.39, 0.29) is 23.0 Å². The minimum atomic E-state index is -0.194. The maximum atomic E-state index is 12.7. The predicted octanol–water partition coefficient (Wildman–Crippen LogP) is 5.16. The van der Waals surface area contributed by atoms with Crippen LogP contribution in [0, 0.1) is 19.8 Å². The Labute approximate surface area is 165 Å². The highest BCUT2D eigenvalue weighted by molar-refractivity contribution is 8.00. The lowest BCUT2D eigenvalue weighted by Gasteiger charge is -2.16. The highest BCUT2D eigenvalue weighted by Crippen LogP contribution is 2.32. The molecule has 3 rings (SSSR count). The van der Waals surface area contributed by atoms with Gasteiger partial charge in [-0.15, -0.1) is 11.8 Å². The van der Waals surface area contributed by atoms with Gasteiger partial charge >= 0.3 is 0 Å². The smallest absolute Gasteiger partial charge is 0.237 e. The first-order chi connectivity index (χ1) is 13.0. The predicted molar refractivity (Wildman–Crippen MR) is 112 cm³/mol. The summed E-state index contributed by atoms with van der Waals surface area (Å²) >= 11 is 1.53. The molecule has 2 N–H and O–H groups in total. The molecule has 0 aromatic heterocycles. The van der Waals surface area contributed by atoms with Gasteiger partial charge in [0.1, 0.15) is 0 Å². The van der Waals surface area contributed by atoms with Gasteiger partial charge in [0.05, 0.1) is 5.25 Å². The Morgan fingerprint density at radius 2 is 1.78 bits per heavy atom. The van der Waals surface area contributed by atoms with Crippen molar-refractivity contribution in [1.82, 2.24) is 0 Å². The SMILES string of the molecule is CCC(Sc1cccc(NC(=O)C2CC2)c1)C(=O)Nc1ccc(C)c(C)c1. The first-order valence-corrected chi connectivity index (χ1v) is 10.3. The second-order valence-electron chi connectivity index (χ2n) is 7.09. The molecule has 142 valence electrons. The average molecular weight is 383 g/mol. The summed E-state index contributed by atoms with van der Waals surface area (Å²) in [5.74, 6) is 0.267. The Kier molecular flexibility index (Phi) is 6.22. The molecule has 1 saturated carbocycles. The number of benzene rings is 2. The average Bonchev–Trinajstić information content (AvgIpc) is 3.48. The second-order valence-corrected chi connectivity index (χ2v) is 8.37. The molecule has 1 unspecified atom stereocenters. The number of carbonyl (C=O) groups excluding carboxylic acids is 2.